The third-order valence-electron chi connectivity index (χ3n) is 21.9. The Balaban J connectivity index is 0.000000189. The highest BCUT2D eigenvalue weighted by Gasteiger charge is 2.44. The van der Waals surface area contributed by atoms with E-state index in [1.54, 1.807) is 37.0 Å². The lowest BCUT2D eigenvalue weighted by Crippen LogP contribution is -2.54. The summed E-state index contributed by atoms with van der Waals surface area (Å²) in [5, 5.41) is 18.2. The number of hydrogen-bond acceptors (Lipinski definition) is 25. The van der Waals surface area contributed by atoms with Crippen molar-refractivity contribution in [1.29, 1.82) is 4.78 Å². The summed E-state index contributed by atoms with van der Waals surface area (Å²) in [6.07, 6.45) is 18.6. The van der Waals surface area contributed by atoms with Crippen molar-refractivity contribution in [3.8, 4) is 0 Å². The Kier molecular flexibility index (Phi) is 31.8. The molecule has 12 rings (SSSR count). The van der Waals surface area contributed by atoms with Gasteiger partial charge in [0.15, 0.2) is 40.8 Å². The van der Waals surface area contributed by atoms with Crippen LogP contribution in [0.25, 0.3) is 0 Å². The second-order valence-corrected chi connectivity index (χ2v) is 52.9. The Morgan fingerprint density at radius 2 is 0.829 bits per heavy atom. The number of benzene rings is 3. The molecule has 9 N–H and O–H groups in total. The Hall–Kier alpha value is -6.63. The Morgan fingerprint density at radius 3 is 1.08 bits per heavy atom. The molecule has 0 amide bonds. The van der Waals surface area contributed by atoms with Gasteiger partial charge in [0.25, 0.3) is 0 Å². The molecule has 638 valence electrons. The molecular weight excluding hydrogens is 1720 g/mol. The predicted octanol–water partition coefficient (Wildman–Crippen LogP) is 16.3. The number of ether oxygens (including phenoxy) is 3. The van der Waals surface area contributed by atoms with Crippen LogP contribution in [0, 0.1) is 40.0 Å². The van der Waals surface area contributed by atoms with Crippen LogP contribution in [0.3, 0.4) is 0 Å². The number of carbonyl (C=O) groups excluding carboxylic acids is 3. The third-order valence-corrected chi connectivity index (χ3v) is 40.9. The van der Waals surface area contributed by atoms with Gasteiger partial charge in [-0.3, -0.25) is 19.0 Å². The highest BCUT2D eigenvalue weighted by atomic mass is 35.5. The fourth-order valence-corrected chi connectivity index (χ4v) is 28.1. The first-order valence-corrected chi connectivity index (χ1v) is 53.5. The SMILES string of the molecule is CC(C)(C)[Si](C)(C)NS(C)(=O)=O.COC(=O)C1=C(C2CCC(N)CC2)NC(c2nccs2)=NC1c1ccc(F)cc1Cl.COC(=O)C1=C(C2CCC(NS(C)(=N)=O)CC2)NC(c2nccs2)=NC1c1ccc(F)cc1Cl.COC(=O)C1=C(C2CCC(NS(C)(=O)=N[Si](C)(C)C(C)(C)C)CC2)NC(c2nccs2)=NC1c1ccc(F)cc1Cl. The molecule has 6 heterocycles. The summed E-state index contributed by atoms with van der Waals surface area (Å²) in [5.41, 5.74) is 10.9. The van der Waals surface area contributed by atoms with Crippen molar-refractivity contribution in [3.05, 3.63) is 187 Å². The highest BCUT2D eigenvalue weighted by Crippen LogP contribution is 2.46. The van der Waals surface area contributed by atoms with Crippen LogP contribution in [0.2, 0.25) is 51.3 Å². The number of esters is 3. The summed E-state index contributed by atoms with van der Waals surface area (Å²) in [6.45, 7) is 21.0. The zero-order valence-corrected chi connectivity index (χ0v) is 77.5. The number of rotatable bonds is 19. The second-order valence-electron chi connectivity index (χ2n) is 32.7. The number of carbonyl (C=O) groups is 3. The molecular formula is C78H105Cl3F3N15O10S6Si2. The van der Waals surface area contributed by atoms with Crippen LogP contribution in [0.4, 0.5) is 13.2 Å². The molecule has 3 saturated carbocycles. The molecule has 0 spiro atoms. The molecule has 0 radical (unpaired) electrons. The number of hydrogen-bond donors (Lipinski definition) is 8. The Morgan fingerprint density at radius 1 is 0.521 bits per heavy atom. The second kappa shape index (κ2) is 39.5. The summed E-state index contributed by atoms with van der Waals surface area (Å²) in [6, 6.07) is 10.1. The van der Waals surface area contributed by atoms with Gasteiger partial charge >= 0.3 is 17.9 Å². The molecule has 6 aromatic rings. The molecule has 25 nitrogen and oxygen atoms in total. The molecule has 0 bridgehead atoms. The summed E-state index contributed by atoms with van der Waals surface area (Å²) in [5.74, 6) is -1.31. The average molecular weight is 1820 g/mol. The van der Waals surface area contributed by atoms with E-state index in [1.807, 2.05) is 29.2 Å². The molecule has 0 saturated heterocycles. The first-order valence-electron chi connectivity index (χ1n) is 38.0. The van der Waals surface area contributed by atoms with E-state index in [0.717, 1.165) is 57.1 Å². The normalized spacial score (nSPS) is 23.1. The molecule has 3 fully saturated rings. The Labute approximate surface area is 714 Å². The smallest absolute Gasteiger partial charge is 0.338 e. The summed E-state index contributed by atoms with van der Waals surface area (Å²) in [4.78, 5) is 66.7. The van der Waals surface area contributed by atoms with Gasteiger partial charge in [0.05, 0.1) is 54.2 Å². The quantitative estimate of drug-likeness (QED) is 0.0212. The topological polar surface area (TPSA) is 357 Å². The maximum Gasteiger partial charge on any atom is 0.338 e. The van der Waals surface area contributed by atoms with E-state index in [-0.39, 0.29) is 61.0 Å². The minimum absolute atomic E-state index is 0.00490. The van der Waals surface area contributed by atoms with Gasteiger partial charge < -0.3 is 35.9 Å². The van der Waals surface area contributed by atoms with Gasteiger partial charge in [-0.05, 0) is 154 Å². The molecule has 3 aromatic carbocycles. The number of thiazole rings is 3. The van der Waals surface area contributed by atoms with E-state index >= 15 is 0 Å². The number of sulfonamides is 1. The van der Waals surface area contributed by atoms with Crippen molar-refractivity contribution in [2.75, 3.05) is 40.1 Å². The van der Waals surface area contributed by atoms with E-state index in [2.05, 4.69) is 99.4 Å². The lowest BCUT2D eigenvalue weighted by atomic mass is 9.80. The lowest BCUT2D eigenvalue weighted by Gasteiger charge is -2.36. The maximum atomic E-state index is 13.9. The van der Waals surface area contributed by atoms with Crippen LogP contribution in [0.15, 0.2) is 142 Å². The highest BCUT2D eigenvalue weighted by molar-refractivity contribution is 7.92. The zero-order valence-electron chi connectivity index (χ0n) is 68.3. The fraction of sp³-hybridized carbons (Fsp3) is 0.500. The molecule has 117 heavy (non-hydrogen) atoms. The number of nitrogens with two attached hydrogens (primary N) is 1. The van der Waals surface area contributed by atoms with Gasteiger partial charge in [-0.15, -0.1) is 34.0 Å². The van der Waals surface area contributed by atoms with E-state index in [9.17, 15) is 44.4 Å². The van der Waals surface area contributed by atoms with Crippen molar-refractivity contribution < 1.29 is 58.6 Å². The van der Waals surface area contributed by atoms with Gasteiger partial charge in [-0.2, -0.15) is 0 Å². The summed E-state index contributed by atoms with van der Waals surface area (Å²) in [7, 11) is -8.43. The number of allylic oxidation sites excluding steroid dienone is 3. The third kappa shape index (κ3) is 24.8. The first kappa shape index (κ1) is 94.2. The van der Waals surface area contributed by atoms with Crippen LogP contribution in [0.1, 0.15) is 168 Å². The van der Waals surface area contributed by atoms with E-state index in [1.165, 1.54) is 110 Å². The van der Waals surface area contributed by atoms with Crippen LogP contribution in [0.5, 0.6) is 0 Å². The number of nitrogens with zero attached hydrogens (tertiary/aromatic N) is 7. The van der Waals surface area contributed by atoms with Gasteiger partial charge in [-0.1, -0.05) is 108 Å². The standard InChI is InChI=1S/C28H39ClFN5O3S2Si.C22H25ClFN5O3S2.C21H22ClFN4O2S.C7H19NO2SSi/c1-28(2,3)41(6,7)35-40(5,37)34-19-11-8-17(9-12-19)23-22(27(36)38-4)24(20-13-10-18(30)16-21(20)29)33-25(32-23)26-31-14-15-39-26;1-32-22(30)17-18(12-3-6-14(7-4-12)29-34(2,25)31)27-20(21-26-9-10-33-21)28-19(17)15-8-5-13(24)11-16(15)23;1-29-21(28)16-17(11-2-5-13(24)6-3-11)26-19(20-25-8-9-30-20)27-18(16)14-7-4-12(23)10-15(14)22;1-7(2,3)12(5,6)8-11(4,9)10/h10,13-17,19,24H,8-9,11-12H2,1-7H3,(H,32,33)(H,34,35,37);5,8-12,14,19H,3-4,6-7H2,1-2H3,(H,27,28)(H2,25,29,31);4,7-11,13,18H,2-3,5-6,24H2,1H3,(H,26,27);8H,1-6H3. The lowest BCUT2D eigenvalue weighted by molar-refractivity contribution is -0.137. The van der Waals surface area contributed by atoms with Crippen LogP contribution < -0.4 is 35.5 Å². The van der Waals surface area contributed by atoms with Crippen LogP contribution >= 0.6 is 68.8 Å². The monoisotopic (exact) mass is 1820 g/mol. The fourth-order valence-electron chi connectivity index (χ4n) is 14.1. The zero-order chi connectivity index (χ0) is 86.1. The largest absolute Gasteiger partial charge is 0.466 e. The molecule has 39 heteroatoms. The van der Waals surface area contributed by atoms with Gasteiger partial charge in [-0.25, -0.2) is 78.0 Å². The number of halogens is 6. The van der Waals surface area contributed by atoms with Gasteiger partial charge in [0.1, 0.15) is 53.7 Å². The van der Waals surface area contributed by atoms with Gasteiger partial charge in [0.2, 0.25) is 10.0 Å². The Bertz CT molecular complexity index is 5150. The molecule has 3 aliphatic heterocycles. The number of aromatic nitrogens is 3. The van der Waals surface area contributed by atoms with Crippen molar-refractivity contribution in [2.45, 2.75) is 191 Å². The number of methoxy groups -OCH3 is 3. The van der Waals surface area contributed by atoms with Crippen molar-refractivity contribution in [2.24, 2.45) is 42.5 Å². The van der Waals surface area contributed by atoms with E-state index in [4.69, 9.17) is 78.5 Å². The number of aliphatic imine (C=N–C) groups is 3. The summed E-state index contributed by atoms with van der Waals surface area (Å²) < 4.78 is 126. The van der Waals surface area contributed by atoms with E-state index < -0.39 is 99.8 Å². The molecule has 5 atom stereocenters. The predicted molar refractivity (Wildman–Crippen MR) is 468 cm³/mol. The molecule has 3 aromatic heterocycles. The number of nitrogens with one attached hydrogen (secondary N) is 7. The molecule has 3 aliphatic carbocycles. The minimum atomic E-state index is -3.05. The van der Waals surface area contributed by atoms with Crippen molar-refractivity contribution in [1.82, 2.24) is 44.7 Å². The van der Waals surface area contributed by atoms with Crippen molar-refractivity contribution >= 4 is 151 Å². The van der Waals surface area contributed by atoms with E-state index in [0.29, 0.717) is 103 Å². The average Bonchev–Trinajstić information content (AvgIpc) is 1.57. The molecule has 6 aliphatic rings. The summed E-state index contributed by atoms with van der Waals surface area (Å²) >= 11 is 23.5. The number of amidine groups is 3. The van der Waals surface area contributed by atoms with Crippen LogP contribution in [-0.4, -0.2) is 142 Å². The van der Waals surface area contributed by atoms with Crippen molar-refractivity contribution in [3.63, 3.8) is 0 Å². The first-order chi connectivity index (χ1) is 54.7. The maximum absolute atomic E-state index is 13.9. The minimum Gasteiger partial charge on any atom is -0.466 e. The molecule has 5 unspecified atom stereocenters. The van der Waals surface area contributed by atoms with Crippen LogP contribution in [-0.2, 0) is 58.4 Å². The van der Waals surface area contributed by atoms with Gasteiger partial charge in [0, 0.05) is 114 Å².